The van der Waals surface area contributed by atoms with Crippen molar-refractivity contribution in [1.82, 2.24) is 0 Å². The van der Waals surface area contributed by atoms with Crippen molar-refractivity contribution >= 4 is 22.7 Å². The van der Waals surface area contributed by atoms with Gasteiger partial charge >= 0.3 is 11.9 Å². The van der Waals surface area contributed by atoms with Gasteiger partial charge in [-0.05, 0) is 41.5 Å². The Hall–Kier alpha value is -2.80. The Morgan fingerprint density at radius 2 is 1.46 bits per heavy atom. The molecule has 0 aliphatic carbocycles. The van der Waals surface area contributed by atoms with E-state index in [9.17, 15) is 19.8 Å². The minimum absolute atomic E-state index is 0.159. The van der Waals surface area contributed by atoms with Gasteiger partial charge < -0.3 is 10.2 Å². The van der Waals surface area contributed by atoms with E-state index in [1.54, 1.807) is 18.2 Å². The highest BCUT2D eigenvalue weighted by Crippen LogP contribution is 2.23. The van der Waals surface area contributed by atoms with Gasteiger partial charge in [-0.1, -0.05) is 69.8 Å². The molecule has 2 aromatic rings. The highest BCUT2D eigenvalue weighted by Gasteiger charge is 2.10. The molecule has 0 saturated carbocycles. The van der Waals surface area contributed by atoms with Crippen molar-refractivity contribution in [1.29, 1.82) is 0 Å². The van der Waals surface area contributed by atoms with E-state index in [1.165, 1.54) is 50.7 Å². The third-order valence-electron chi connectivity index (χ3n) is 4.83. The standard InChI is InChI=1S/C24H28O4/c1-2-3-4-5-6-7-8-9-10-11-12-18-15-21(24(27)28)16-19-13-14-20(23(25)26)17-22(18)19/h13-17H,2-10H2,1H3,(H,25,26)(H,27,28). The zero-order valence-corrected chi connectivity index (χ0v) is 16.5. The molecule has 0 saturated heterocycles. The molecule has 2 aromatic carbocycles. The zero-order valence-electron chi connectivity index (χ0n) is 16.5. The largest absolute Gasteiger partial charge is 0.478 e. The molecule has 0 fully saturated rings. The van der Waals surface area contributed by atoms with Crippen molar-refractivity contribution < 1.29 is 19.8 Å². The summed E-state index contributed by atoms with van der Waals surface area (Å²) >= 11 is 0. The van der Waals surface area contributed by atoms with E-state index in [2.05, 4.69) is 18.8 Å². The summed E-state index contributed by atoms with van der Waals surface area (Å²) in [5.74, 6) is 4.16. The molecule has 0 atom stereocenters. The van der Waals surface area contributed by atoms with Crippen molar-refractivity contribution in [2.24, 2.45) is 0 Å². The fourth-order valence-electron chi connectivity index (χ4n) is 3.22. The number of carboxylic acid groups (broad SMARTS) is 2. The number of fused-ring (bicyclic) bond motifs is 1. The van der Waals surface area contributed by atoms with Crippen LogP contribution in [-0.2, 0) is 0 Å². The van der Waals surface area contributed by atoms with Crippen molar-refractivity contribution in [3.63, 3.8) is 0 Å². The average Bonchev–Trinajstić information content (AvgIpc) is 2.68. The SMILES string of the molecule is CCCCCCCCCCC#Cc1cc(C(=O)O)cc2ccc(C(=O)O)cc12. The average molecular weight is 380 g/mol. The van der Waals surface area contributed by atoms with Crippen LogP contribution in [0.3, 0.4) is 0 Å². The number of carbonyl (C=O) groups is 2. The van der Waals surface area contributed by atoms with Crippen LogP contribution in [0.2, 0.25) is 0 Å². The minimum atomic E-state index is -1.02. The third-order valence-corrected chi connectivity index (χ3v) is 4.83. The normalized spacial score (nSPS) is 10.5. The van der Waals surface area contributed by atoms with Crippen molar-refractivity contribution in [3.05, 3.63) is 47.0 Å². The lowest BCUT2D eigenvalue weighted by atomic mass is 9.98. The first-order chi connectivity index (χ1) is 13.5. The molecule has 0 aliphatic rings. The maximum absolute atomic E-state index is 11.4. The molecule has 0 aromatic heterocycles. The topological polar surface area (TPSA) is 74.6 Å². The second-order valence-corrected chi connectivity index (χ2v) is 7.10. The molecule has 0 radical (unpaired) electrons. The number of aromatic carboxylic acids is 2. The summed E-state index contributed by atoms with van der Waals surface area (Å²) in [5.41, 5.74) is 0.895. The molecule has 0 aliphatic heterocycles. The summed E-state index contributed by atoms with van der Waals surface area (Å²) in [6.45, 7) is 2.22. The van der Waals surface area contributed by atoms with E-state index in [0.717, 1.165) is 19.3 Å². The van der Waals surface area contributed by atoms with E-state index in [1.807, 2.05) is 0 Å². The van der Waals surface area contributed by atoms with Gasteiger partial charge in [-0.15, -0.1) is 0 Å². The molecule has 2 N–H and O–H groups in total. The minimum Gasteiger partial charge on any atom is -0.478 e. The smallest absolute Gasteiger partial charge is 0.335 e. The van der Waals surface area contributed by atoms with Crippen LogP contribution in [0.15, 0.2) is 30.3 Å². The molecule has 2 rings (SSSR count). The van der Waals surface area contributed by atoms with Crippen molar-refractivity contribution in [2.75, 3.05) is 0 Å². The Morgan fingerprint density at radius 3 is 2.11 bits per heavy atom. The van der Waals surface area contributed by atoms with Gasteiger partial charge in [0.25, 0.3) is 0 Å². The Bertz CT molecular complexity index is 887. The van der Waals surface area contributed by atoms with Crippen LogP contribution in [0.4, 0.5) is 0 Å². The lowest BCUT2D eigenvalue weighted by Crippen LogP contribution is -1.99. The van der Waals surface area contributed by atoms with E-state index >= 15 is 0 Å². The molecular formula is C24H28O4. The molecular weight excluding hydrogens is 352 g/mol. The van der Waals surface area contributed by atoms with Crippen LogP contribution in [-0.4, -0.2) is 22.2 Å². The first kappa shape index (κ1) is 21.5. The van der Waals surface area contributed by atoms with E-state index < -0.39 is 11.9 Å². The summed E-state index contributed by atoms with van der Waals surface area (Å²) in [4.78, 5) is 22.6. The van der Waals surface area contributed by atoms with Gasteiger partial charge in [0.05, 0.1) is 11.1 Å². The van der Waals surface area contributed by atoms with Crippen LogP contribution >= 0.6 is 0 Å². The van der Waals surface area contributed by atoms with Gasteiger partial charge in [0.1, 0.15) is 0 Å². The van der Waals surface area contributed by atoms with Crippen LogP contribution < -0.4 is 0 Å². The first-order valence-corrected chi connectivity index (χ1v) is 10.1. The highest BCUT2D eigenvalue weighted by molar-refractivity contribution is 6.00. The van der Waals surface area contributed by atoms with Gasteiger partial charge in [-0.2, -0.15) is 0 Å². The first-order valence-electron chi connectivity index (χ1n) is 10.1. The molecule has 0 bridgehead atoms. The maximum atomic E-state index is 11.4. The van der Waals surface area contributed by atoms with Gasteiger partial charge in [0.15, 0.2) is 0 Å². The number of carboxylic acids is 2. The fourth-order valence-corrected chi connectivity index (χ4v) is 3.22. The quantitative estimate of drug-likeness (QED) is 0.385. The van der Waals surface area contributed by atoms with Crippen LogP contribution in [0.5, 0.6) is 0 Å². The van der Waals surface area contributed by atoms with E-state index in [0.29, 0.717) is 16.3 Å². The monoisotopic (exact) mass is 380 g/mol. The predicted molar refractivity (Wildman–Crippen MR) is 112 cm³/mol. The van der Waals surface area contributed by atoms with Gasteiger partial charge in [0.2, 0.25) is 0 Å². The number of hydrogen-bond acceptors (Lipinski definition) is 2. The molecule has 4 nitrogen and oxygen atoms in total. The highest BCUT2D eigenvalue weighted by atomic mass is 16.4. The molecule has 0 spiro atoms. The summed E-state index contributed by atoms with van der Waals surface area (Å²) in [6.07, 6.45) is 10.6. The van der Waals surface area contributed by atoms with Gasteiger partial charge in [0, 0.05) is 12.0 Å². The van der Waals surface area contributed by atoms with Crippen molar-refractivity contribution in [2.45, 2.75) is 64.7 Å². The summed E-state index contributed by atoms with van der Waals surface area (Å²) < 4.78 is 0. The zero-order chi connectivity index (χ0) is 20.4. The molecule has 0 unspecified atom stereocenters. The third kappa shape index (κ3) is 6.42. The number of hydrogen-bond donors (Lipinski definition) is 2. The van der Waals surface area contributed by atoms with Gasteiger partial charge in [-0.25, -0.2) is 9.59 Å². The molecule has 28 heavy (non-hydrogen) atoms. The predicted octanol–water partition coefficient (Wildman–Crippen LogP) is 6.12. The van der Waals surface area contributed by atoms with Crippen LogP contribution in [0, 0.1) is 11.8 Å². The summed E-state index contributed by atoms with van der Waals surface area (Å²) in [6, 6.07) is 7.75. The molecule has 4 heteroatoms. The second-order valence-electron chi connectivity index (χ2n) is 7.10. The number of benzene rings is 2. The summed E-state index contributed by atoms with van der Waals surface area (Å²) in [7, 11) is 0. The van der Waals surface area contributed by atoms with Crippen LogP contribution in [0.25, 0.3) is 10.8 Å². The Morgan fingerprint density at radius 1 is 0.821 bits per heavy atom. The molecule has 148 valence electrons. The summed E-state index contributed by atoms with van der Waals surface area (Å²) in [5, 5.41) is 19.9. The molecule has 0 amide bonds. The Kier molecular flexibility index (Phi) is 8.55. The lowest BCUT2D eigenvalue weighted by Gasteiger charge is -2.05. The van der Waals surface area contributed by atoms with Crippen molar-refractivity contribution in [3.8, 4) is 11.8 Å². The second kappa shape index (κ2) is 11.1. The maximum Gasteiger partial charge on any atom is 0.335 e. The lowest BCUT2D eigenvalue weighted by molar-refractivity contribution is 0.0686. The fraction of sp³-hybridized carbons (Fsp3) is 0.417. The van der Waals surface area contributed by atoms with E-state index in [4.69, 9.17) is 0 Å². The number of unbranched alkanes of at least 4 members (excludes halogenated alkanes) is 8. The van der Waals surface area contributed by atoms with E-state index in [-0.39, 0.29) is 11.1 Å². The van der Waals surface area contributed by atoms with Crippen LogP contribution in [0.1, 0.15) is 91.0 Å². The van der Waals surface area contributed by atoms with Gasteiger partial charge in [-0.3, -0.25) is 0 Å². The number of rotatable bonds is 10. The Balaban J connectivity index is 2.04. The Labute approximate surface area is 166 Å². The molecule has 0 heterocycles.